The van der Waals surface area contributed by atoms with E-state index in [4.69, 9.17) is 4.74 Å². The standard InChI is InChI=1S/C18H23NO6S/c20-17(10-13-4-1-2-6-16(13)18(21)22)19(11-15-5-3-8-25-15)14-7-9-26(23,24)12-14/h1-2,4,6,14-15H,3,5,7-12H2,(H,21,22). The predicted molar refractivity (Wildman–Crippen MR) is 94.9 cm³/mol. The van der Waals surface area contributed by atoms with E-state index in [0.717, 1.165) is 12.8 Å². The van der Waals surface area contributed by atoms with Gasteiger partial charge in [0.15, 0.2) is 9.84 Å². The zero-order valence-electron chi connectivity index (χ0n) is 14.5. The number of carbonyl (C=O) groups excluding carboxylic acids is 1. The Morgan fingerprint density at radius 1 is 1.23 bits per heavy atom. The third-order valence-corrected chi connectivity index (χ3v) is 6.73. The van der Waals surface area contributed by atoms with Gasteiger partial charge in [0.1, 0.15) is 0 Å². The quantitative estimate of drug-likeness (QED) is 0.792. The van der Waals surface area contributed by atoms with Gasteiger partial charge in [-0.2, -0.15) is 0 Å². The molecule has 2 aliphatic heterocycles. The Morgan fingerprint density at radius 2 is 2.00 bits per heavy atom. The molecule has 0 spiro atoms. The minimum Gasteiger partial charge on any atom is -0.478 e. The maximum absolute atomic E-state index is 13.0. The van der Waals surface area contributed by atoms with E-state index >= 15 is 0 Å². The van der Waals surface area contributed by atoms with Gasteiger partial charge < -0.3 is 14.7 Å². The number of carboxylic acids is 1. The first-order valence-corrected chi connectivity index (χ1v) is 10.6. The smallest absolute Gasteiger partial charge is 0.335 e. The van der Waals surface area contributed by atoms with Gasteiger partial charge in [-0.05, 0) is 30.9 Å². The van der Waals surface area contributed by atoms with Crippen LogP contribution < -0.4 is 0 Å². The van der Waals surface area contributed by atoms with Crippen LogP contribution in [0, 0.1) is 0 Å². The summed E-state index contributed by atoms with van der Waals surface area (Å²) in [6.45, 7) is 1.01. The topological polar surface area (TPSA) is 101 Å². The van der Waals surface area contributed by atoms with Crippen LogP contribution in [0.15, 0.2) is 24.3 Å². The fourth-order valence-corrected chi connectivity index (χ4v) is 5.36. The molecule has 1 amide bonds. The SMILES string of the molecule is O=C(O)c1ccccc1CC(=O)N(CC1CCCO1)C1CCS(=O)(=O)C1. The van der Waals surface area contributed by atoms with Crippen molar-refractivity contribution >= 4 is 21.7 Å². The van der Waals surface area contributed by atoms with Gasteiger partial charge in [0.05, 0.1) is 29.6 Å². The first-order valence-electron chi connectivity index (χ1n) is 8.78. The molecule has 7 nitrogen and oxygen atoms in total. The number of hydrogen-bond donors (Lipinski definition) is 1. The summed E-state index contributed by atoms with van der Waals surface area (Å²) < 4.78 is 29.3. The first kappa shape index (κ1) is 18.8. The Morgan fingerprint density at radius 3 is 2.62 bits per heavy atom. The van der Waals surface area contributed by atoms with Crippen LogP contribution in [0.3, 0.4) is 0 Å². The molecule has 2 saturated heterocycles. The van der Waals surface area contributed by atoms with Gasteiger partial charge in [-0.15, -0.1) is 0 Å². The molecule has 2 fully saturated rings. The van der Waals surface area contributed by atoms with Crippen LogP contribution in [0.5, 0.6) is 0 Å². The van der Waals surface area contributed by atoms with Crippen molar-refractivity contribution in [3.8, 4) is 0 Å². The van der Waals surface area contributed by atoms with E-state index in [1.54, 1.807) is 23.1 Å². The number of carbonyl (C=O) groups is 2. The van der Waals surface area contributed by atoms with E-state index in [-0.39, 0.29) is 41.5 Å². The normalized spacial score (nSPS) is 24.5. The second kappa shape index (κ2) is 7.75. The molecule has 3 rings (SSSR count). The van der Waals surface area contributed by atoms with Crippen LogP contribution in [-0.2, 0) is 25.8 Å². The molecule has 0 aromatic heterocycles. The molecule has 2 atom stereocenters. The molecule has 26 heavy (non-hydrogen) atoms. The Bertz CT molecular complexity index is 785. The predicted octanol–water partition coefficient (Wildman–Crippen LogP) is 1.12. The van der Waals surface area contributed by atoms with Crippen molar-refractivity contribution in [1.82, 2.24) is 4.90 Å². The van der Waals surface area contributed by atoms with Crippen molar-refractivity contribution in [3.63, 3.8) is 0 Å². The molecule has 2 unspecified atom stereocenters. The number of aromatic carboxylic acids is 1. The maximum Gasteiger partial charge on any atom is 0.335 e. The van der Waals surface area contributed by atoms with Crippen LogP contribution in [0.4, 0.5) is 0 Å². The molecule has 1 aromatic carbocycles. The molecular formula is C18H23NO6S. The lowest BCUT2D eigenvalue weighted by Gasteiger charge is -2.30. The van der Waals surface area contributed by atoms with Crippen LogP contribution in [0.2, 0.25) is 0 Å². The molecule has 0 aliphatic carbocycles. The van der Waals surface area contributed by atoms with Gasteiger partial charge >= 0.3 is 5.97 Å². The molecule has 142 valence electrons. The Balaban J connectivity index is 1.79. The van der Waals surface area contributed by atoms with Crippen LogP contribution >= 0.6 is 0 Å². The lowest BCUT2D eigenvalue weighted by Crippen LogP contribution is -2.46. The highest BCUT2D eigenvalue weighted by molar-refractivity contribution is 7.91. The highest BCUT2D eigenvalue weighted by Gasteiger charge is 2.36. The highest BCUT2D eigenvalue weighted by atomic mass is 32.2. The summed E-state index contributed by atoms with van der Waals surface area (Å²) in [5.74, 6) is -1.29. The van der Waals surface area contributed by atoms with Gasteiger partial charge in [-0.25, -0.2) is 13.2 Å². The molecule has 2 heterocycles. The largest absolute Gasteiger partial charge is 0.478 e. The Labute approximate surface area is 152 Å². The fourth-order valence-electron chi connectivity index (χ4n) is 3.63. The van der Waals surface area contributed by atoms with E-state index in [1.165, 1.54) is 6.07 Å². The summed E-state index contributed by atoms with van der Waals surface area (Å²) in [4.78, 5) is 25.9. The molecule has 1 aromatic rings. The summed E-state index contributed by atoms with van der Waals surface area (Å²) in [7, 11) is -3.13. The lowest BCUT2D eigenvalue weighted by molar-refractivity contribution is -0.134. The molecular weight excluding hydrogens is 358 g/mol. The molecule has 0 radical (unpaired) electrons. The van der Waals surface area contributed by atoms with Crippen molar-refractivity contribution in [1.29, 1.82) is 0 Å². The molecule has 0 saturated carbocycles. The van der Waals surface area contributed by atoms with Crippen LogP contribution in [-0.4, -0.2) is 67.1 Å². The van der Waals surface area contributed by atoms with Gasteiger partial charge in [0.2, 0.25) is 5.91 Å². The number of hydrogen-bond acceptors (Lipinski definition) is 5. The second-order valence-electron chi connectivity index (χ2n) is 6.88. The number of sulfone groups is 1. The third-order valence-electron chi connectivity index (χ3n) is 4.98. The van der Waals surface area contributed by atoms with Crippen molar-refractivity contribution in [2.45, 2.75) is 37.8 Å². The molecule has 2 aliphatic rings. The monoisotopic (exact) mass is 381 g/mol. The molecule has 0 bridgehead atoms. The van der Waals surface area contributed by atoms with Gasteiger partial charge in [0, 0.05) is 19.2 Å². The third kappa shape index (κ3) is 4.42. The summed E-state index contributed by atoms with van der Waals surface area (Å²) >= 11 is 0. The van der Waals surface area contributed by atoms with Crippen molar-refractivity contribution < 1.29 is 27.9 Å². The first-order chi connectivity index (χ1) is 12.4. The number of ether oxygens (including phenoxy) is 1. The summed E-state index contributed by atoms with van der Waals surface area (Å²) in [5.41, 5.74) is 0.528. The minimum atomic E-state index is -3.13. The van der Waals surface area contributed by atoms with Crippen molar-refractivity contribution in [2.75, 3.05) is 24.7 Å². The average Bonchev–Trinajstić information content (AvgIpc) is 3.22. The van der Waals surface area contributed by atoms with E-state index in [2.05, 4.69) is 0 Å². The zero-order chi connectivity index (χ0) is 18.7. The summed E-state index contributed by atoms with van der Waals surface area (Å²) in [6.07, 6.45) is 2.04. The van der Waals surface area contributed by atoms with Crippen LogP contribution in [0.1, 0.15) is 35.2 Å². The van der Waals surface area contributed by atoms with E-state index < -0.39 is 15.8 Å². The highest BCUT2D eigenvalue weighted by Crippen LogP contribution is 2.23. The van der Waals surface area contributed by atoms with E-state index in [9.17, 15) is 23.1 Å². The van der Waals surface area contributed by atoms with Crippen LogP contribution in [0.25, 0.3) is 0 Å². The lowest BCUT2D eigenvalue weighted by atomic mass is 10.0. The van der Waals surface area contributed by atoms with Gasteiger partial charge in [-0.3, -0.25) is 4.79 Å². The Hall–Kier alpha value is -1.93. The minimum absolute atomic E-state index is 0.0357. The maximum atomic E-state index is 13.0. The second-order valence-corrected chi connectivity index (χ2v) is 9.11. The zero-order valence-corrected chi connectivity index (χ0v) is 15.3. The molecule has 8 heteroatoms. The van der Waals surface area contributed by atoms with E-state index in [0.29, 0.717) is 25.1 Å². The summed E-state index contributed by atoms with van der Waals surface area (Å²) in [6, 6.07) is 6.03. The Kier molecular flexibility index (Phi) is 5.62. The van der Waals surface area contributed by atoms with Gasteiger partial charge in [-0.1, -0.05) is 18.2 Å². The number of amides is 1. The van der Waals surface area contributed by atoms with Crippen molar-refractivity contribution in [3.05, 3.63) is 35.4 Å². The average molecular weight is 381 g/mol. The fraction of sp³-hybridized carbons (Fsp3) is 0.556. The number of carboxylic acid groups (broad SMARTS) is 1. The number of nitrogens with zero attached hydrogens (tertiary/aromatic N) is 1. The summed E-state index contributed by atoms with van der Waals surface area (Å²) in [5, 5.41) is 9.30. The molecule has 1 N–H and O–H groups in total. The number of rotatable bonds is 6. The number of benzene rings is 1. The van der Waals surface area contributed by atoms with E-state index in [1.807, 2.05) is 0 Å². The van der Waals surface area contributed by atoms with Gasteiger partial charge in [0.25, 0.3) is 0 Å². The van der Waals surface area contributed by atoms with Crippen molar-refractivity contribution in [2.24, 2.45) is 0 Å².